The quantitative estimate of drug-likeness (QED) is 0.762. The maximum Gasteiger partial charge on any atom is 0.257 e. The Bertz CT molecular complexity index is 804. The highest BCUT2D eigenvalue weighted by atomic mass is 35.5. The summed E-state index contributed by atoms with van der Waals surface area (Å²) < 4.78 is 0. The Balaban J connectivity index is 1.30. The Morgan fingerprint density at radius 2 is 1.68 bits per heavy atom. The van der Waals surface area contributed by atoms with Crippen LogP contribution in [0, 0.1) is 0 Å². The molecule has 1 aromatic carbocycles. The summed E-state index contributed by atoms with van der Waals surface area (Å²) in [5.41, 5.74) is 1.73. The molecule has 1 aromatic heterocycles. The molecule has 5 nitrogen and oxygen atoms in total. The van der Waals surface area contributed by atoms with Crippen LogP contribution in [-0.4, -0.2) is 70.9 Å². The third kappa shape index (κ3) is 4.33. The second kappa shape index (κ2) is 8.78. The molecule has 0 aliphatic carbocycles. The van der Waals surface area contributed by atoms with Gasteiger partial charge >= 0.3 is 0 Å². The fraction of sp³-hybridized carbons (Fsp3) is 0.429. The van der Waals surface area contributed by atoms with Gasteiger partial charge in [0, 0.05) is 64.2 Å². The Labute approximate surface area is 175 Å². The lowest BCUT2D eigenvalue weighted by atomic mass is 10.1. The third-order valence-electron chi connectivity index (χ3n) is 5.68. The molecule has 1 amide bonds. The number of piperazine rings is 1. The first-order valence-electron chi connectivity index (χ1n) is 9.70. The van der Waals surface area contributed by atoms with E-state index < -0.39 is 0 Å². The van der Waals surface area contributed by atoms with Gasteiger partial charge in [0.1, 0.15) is 0 Å². The Kier molecular flexibility index (Phi) is 6.16. The van der Waals surface area contributed by atoms with E-state index in [-0.39, 0.29) is 5.91 Å². The van der Waals surface area contributed by atoms with Crippen molar-refractivity contribution >= 4 is 29.1 Å². The molecule has 2 fully saturated rings. The van der Waals surface area contributed by atoms with Crippen molar-refractivity contribution in [2.24, 2.45) is 0 Å². The van der Waals surface area contributed by atoms with E-state index in [1.807, 2.05) is 4.90 Å². The molecule has 2 aliphatic heterocycles. The Hall–Kier alpha value is -1.66. The van der Waals surface area contributed by atoms with E-state index in [1.165, 1.54) is 24.4 Å². The maximum absolute atomic E-state index is 12.8. The molecule has 7 heteroatoms. The van der Waals surface area contributed by atoms with Gasteiger partial charge in [0.15, 0.2) is 0 Å². The molecule has 28 heavy (non-hydrogen) atoms. The molecule has 1 atom stereocenters. The lowest BCUT2D eigenvalue weighted by Gasteiger charge is -2.38. The van der Waals surface area contributed by atoms with Gasteiger partial charge in [-0.05, 0) is 12.0 Å². The monoisotopic (exact) mass is 418 g/mol. The highest BCUT2D eigenvalue weighted by molar-refractivity contribution is 6.39. The van der Waals surface area contributed by atoms with Gasteiger partial charge < -0.3 is 4.90 Å². The highest BCUT2D eigenvalue weighted by Crippen LogP contribution is 2.26. The number of rotatable bonds is 4. The predicted molar refractivity (Wildman–Crippen MR) is 112 cm³/mol. The van der Waals surface area contributed by atoms with Crippen molar-refractivity contribution < 1.29 is 4.79 Å². The van der Waals surface area contributed by atoms with E-state index in [9.17, 15) is 4.79 Å². The summed E-state index contributed by atoms with van der Waals surface area (Å²) >= 11 is 12.3. The zero-order chi connectivity index (χ0) is 19.5. The van der Waals surface area contributed by atoms with Crippen molar-refractivity contribution in [3.63, 3.8) is 0 Å². The van der Waals surface area contributed by atoms with Crippen LogP contribution in [-0.2, 0) is 6.54 Å². The van der Waals surface area contributed by atoms with Crippen LogP contribution in [0.1, 0.15) is 22.3 Å². The van der Waals surface area contributed by atoms with Gasteiger partial charge in [-0.3, -0.25) is 19.6 Å². The first-order valence-corrected chi connectivity index (χ1v) is 10.5. The molecule has 4 rings (SSSR count). The molecule has 1 unspecified atom stereocenters. The second-order valence-electron chi connectivity index (χ2n) is 7.47. The van der Waals surface area contributed by atoms with E-state index >= 15 is 0 Å². The Morgan fingerprint density at radius 1 is 1.00 bits per heavy atom. The fourth-order valence-electron chi connectivity index (χ4n) is 4.16. The van der Waals surface area contributed by atoms with E-state index in [1.54, 1.807) is 0 Å². The zero-order valence-electron chi connectivity index (χ0n) is 15.7. The summed E-state index contributed by atoms with van der Waals surface area (Å²) in [5, 5.41) is 0.625. The standard InChI is InChI=1S/C21H24Cl2N4O/c22-18-12-24-13-19(23)20(18)21(28)27-10-8-26(9-11-27)17-6-7-25(15-17)14-16-4-2-1-3-5-16/h1-5,12-13,17H,6-11,14-15H2. The molecule has 3 heterocycles. The van der Waals surface area contributed by atoms with Crippen LogP contribution < -0.4 is 0 Å². The van der Waals surface area contributed by atoms with Crippen LogP contribution in [0.5, 0.6) is 0 Å². The molecular weight excluding hydrogens is 395 g/mol. The van der Waals surface area contributed by atoms with Crippen molar-refractivity contribution in [3.05, 3.63) is 63.9 Å². The van der Waals surface area contributed by atoms with Gasteiger partial charge in [0.05, 0.1) is 15.6 Å². The smallest absolute Gasteiger partial charge is 0.257 e. The molecule has 0 spiro atoms. The van der Waals surface area contributed by atoms with Crippen LogP contribution in [0.3, 0.4) is 0 Å². The number of amides is 1. The number of carbonyl (C=O) groups excluding carboxylic acids is 1. The molecule has 0 saturated carbocycles. The third-order valence-corrected chi connectivity index (χ3v) is 6.25. The number of likely N-dealkylation sites (tertiary alicyclic amines) is 1. The van der Waals surface area contributed by atoms with Gasteiger partial charge in [-0.25, -0.2) is 0 Å². The predicted octanol–water partition coefficient (Wildman–Crippen LogP) is 3.42. The van der Waals surface area contributed by atoms with E-state index in [0.29, 0.717) is 34.7 Å². The molecule has 2 saturated heterocycles. The molecule has 0 N–H and O–H groups in total. The van der Waals surface area contributed by atoms with Crippen molar-refractivity contribution in [2.45, 2.75) is 19.0 Å². The van der Waals surface area contributed by atoms with Gasteiger partial charge in [0.2, 0.25) is 0 Å². The summed E-state index contributed by atoms with van der Waals surface area (Å²) in [7, 11) is 0. The number of halogens is 2. The maximum atomic E-state index is 12.8. The van der Waals surface area contributed by atoms with Crippen molar-refractivity contribution in [2.75, 3.05) is 39.3 Å². The molecule has 2 aromatic rings. The molecule has 0 bridgehead atoms. The van der Waals surface area contributed by atoms with E-state index in [4.69, 9.17) is 23.2 Å². The minimum atomic E-state index is -0.103. The van der Waals surface area contributed by atoms with Gasteiger partial charge in [-0.1, -0.05) is 53.5 Å². The second-order valence-corrected chi connectivity index (χ2v) is 8.28. The normalized spacial score (nSPS) is 21.2. The first kappa shape index (κ1) is 19.6. The minimum absolute atomic E-state index is 0.103. The number of nitrogens with zero attached hydrogens (tertiary/aromatic N) is 4. The van der Waals surface area contributed by atoms with Crippen LogP contribution in [0.2, 0.25) is 10.0 Å². The van der Waals surface area contributed by atoms with Gasteiger partial charge in [0.25, 0.3) is 5.91 Å². The highest BCUT2D eigenvalue weighted by Gasteiger charge is 2.32. The van der Waals surface area contributed by atoms with Crippen LogP contribution in [0.4, 0.5) is 0 Å². The number of carbonyl (C=O) groups is 1. The SMILES string of the molecule is O=C(c1c(Cl)cncc1Cl)N1CCN(C2CCN(Cc3ccccc3)C2)CC1. The van der Waals surface area contributed by atoms with Gasteiger partial charge in [-0.2, -0.15) is 0 Å². The lowest BCUT2D eigenvalue weighted by molar-refractivity contribution is 0.0573. The first-order chi connectivity index (χ1) is 13.6. The Morgan fingerprint density at radius 3 is 2.36 bits per heavy atom. The number of hydrogen-bond acceptors (Lipinski definition) is 4. The summed E-state index contributed by atoms with van der Waals surface area (Å²) in [6, 6.07) is 11.2. The number of pyridine rings is 1. The lowest BCUT2D eigenvalue weighted by Crippen LogP contribution is -2.52. The van der Waals surface area contributed by atoms with Crippen molar-refractivity contribution in [1.82, 2.24) is 19.7 Å². The average Bonchev–Trinajstić information content (AvgIpc) is 3.17. The summed E-state index contributed by atoms with van der Waals surface area (Å²) in [4.78, 5) is 23.6. The zero-order valence-corrected chi connectivity index (χ0v) is 17.2. The largest absolute Gasteiger partial charge is 0.336 e. The van der Waals surface area contributed by atoms with Gasteiger partial charge in [-0.15, -0.1) is 0 Å². The van der Waals surface area contributed by atoms with E-state index in [2.05, 4.69) is 45.1 Å². The number of aromatic nitrogens is 1. The number of benzene rings is 1. The molecule has 0 radical (unpaired) electrons. The van der Waals surface area contributed by atoms with Crippen LogP contribution in [0.25, 0.3) is 0 Å². The van der Waals surface area contributed by atoms with Crippen LogP contribution >= 0.6 is 23.2 Å². The summed E-state index contributed by atoms with van der Waals surface area (Å²) in [5.74, 6) is -0.103. The fourth-order valence-corrected chi connectivity index (χ4v) is 4.69. The average molecular weight is 419 g/mol. The van der Waals surface area contributed by atoms with Crippen LogP contribution in [0.15, 0.2) is 42.7 Å². The molecule has 148 valence electrons. The number of hydrogen-bond donors (Lipinski definition) is 0. The summed E-state index contributed by atoms with van der Waals surface area (Å²) in [6.45, 7) is 6.39. The summed E-state index contributed by atoms with van der Waals surface area (Å²) in [6.07, 6.45) is 4.12. The topological polar surface area (TPSA) is 39.7 Å². The molecule has 2 aliphatic rings. The van der Waals surface area contributed by atoms with Crippen molar-refractivity contribution in [1.29, 1.82) is 0 Å². The van der Waals surface area contributed by atoms with Crippen molar-refractivity contribution in [3.8, 4) is 0 Å². The molecular formula is C21H24Cl2N4O. The minimum Gasteiger partial charge on any atom is -0.336 e. The van der Waals surface area contributed by atoms with E-state index in [0.717, 1.165) is 32.7 Å².